The zero-order valence-electron chi connectivity index (χ0n) is 7.88. The number of nitrogen functional groups attached to an aromatic ring is 1. The van der Waals surface area contributed by atoms with Crippen molar-refractivity contribution in [1.29, 1.82) is 0 Å². The Bertz CT molecular complexity index is 329. The Hall–Kier alpha value is -1.50. The number of nitrogens with two attached hydrogens (primary N) is 1. The molecule has 0 fully saturated rings. The molecule has 1 aromatic heterocycles. The number of pyridine rings is 1. The summed E-state index contributed by atoms with van der Waals surface area (Å²) in [5, 5.41) is 0. The molecule has 0 saturated heterocycles. The van der Waals surface area contributed by atoms with Crippen LogP contribution in [0.25, 0.3) is 0 Å². The van der Waals surface area contributed by atoms with E-state index in [1.807, 2.05) is 0 Å². The van der Waals surface area contributed by atoms with Crippen LogP contribution in [0.5, 0.6) is 5.88 Å². The lowest BCUT2D eigenvalue weighted by Crippen LogP contribution is -2.31. The molecule has 0 aromatic carbocycles. The number of ether oxygens (including phenoxy) is 1. The molecule has 15 heavy (non-hydrogen) atoms. The Morgan fingerprint density at radius 1 is 1.47 bits per heavy atom. The summed E-state index contributed by atoms with van der Waals surface area (Å²) in [6, 6.07) is 4.31. The fourth-order valence-corrected chi connectivity index (χ4v) is 0.809. The highest BCUT2D eigenvalue weighted by molar-refractivity contribution is 5.35. The Labute approximate surface area is 84.2 Å². The van der Waals surface area contributed by atoms with Gasteiger partial charge in [-0.1, -0.05) is 6.07 Å². The van der Waals surface area contributed by atoms with Crippen molar-refractivity contribution in [3.63, 3.8) is 0 Å². The molecule has 0 spiro atoms. The monoisotopic (exact) mass is 221 g/mol. The van der Waals surface area contributed by atoms with Crippen molar-refractivity contribution in [1.82, 2.24) is 4.98 Å². The number of nitrogens with one attached hydrogen (secondary N) is 1. The molecule has 84 valence electrons. The number of alkyl halides is 3. The lowest BCUT2D eigenvalue weighted by atomic mass is 10.4. The quantitative estimate of drug-likeness (QED) is 0.602. The summed E-state index contributed by atoms with van der Waals surface area (Å²) in [6.45, 7) is 0.907. The van der Waals surface area contributed by atoms with Crippen LogP contribution in [0.4, 0.5) is 19.0 Å². The van der Waals surface area contributed by atoms with Crippen molar-refractivity contribution in [2.75, 3.05) is 5.43 Å². The Morgan fingerprint density at radius 3 is 2.67 bits per heavy atom. The van der Waals surface area contributed by atoms with Crippen LogP contribution in [0, 0.1) is 0 Å². The Morgan fingerprint density at radius 2 is 2.13 bits per heavy atom. The van der Waals surface area contributed by atoms with Crippen molar-refractivity contribution in [3.05, 3.63) is 18.2 Å². The average molecular weight is 221 g/mol. The normalized spacial score (nSPS) is 13.4. The van der Waals surface area contributed by atoms with Crippen molar-refractivity contribution >= 4 is 5.82 Å². The van der Waals surface area contributed by atoms with Crippen LogP contribution >= 0.6 is 0 Å². The van der Waals surface area contributed by atoms with Gasteiger partial charge >= 0.3 is 6.18 Å². The maximum Gasteiger partial charge on any atom is 0.425 e. The van der Waals surface area contributed by atoms with Crippen molar-refractivity contribution in [2.45, 2.75) is 19.2 Å². The molecule has 1 aromatic rings. The van der Waals surface area contributed by atoms with E-state index >= 15 is 0 Å². The molecule has 0 radical (unpaired) electrons. The van der Waals surface area contributed by atoms with Crippen LogP contribution in [0.2, 0.25) is 0 Å². The molecule has 0 amide bonds. The van der Waals surface area contributed by atoms with Gasteiger partial charge in [0.05, 0.1) is 0 Å². The lowest BCUT2D eigenvalue weighted by molar-refractivity contribution is -0.189. The lowest BCUT2D eigenvalue weighted by Gasteiger charge is -2.16. The van der Waals surface area contributed by atoms with Gasteiger partial charge in [-0.05, 0) is 13.0 Å². The van der Waals surface area contributed by atoms with E-state index in [0.29, 0.717) is 0 Å². The number of rotatable bonds is 3. The SMILES string of the molecule is CC(Oc1cccc(NN)n1)C(F)(F)F. The van der Waals surface area contributed by atoms with Crippen molar-refractivity contribution in [3.8, 4) is 5.88 Å². The van der Waals surface area contributed by atoms with Gasteiger partial charge in [0.25, 0.3) is 0 Å². The molecule has 0 aliphatic rings. The Balaban J connectivity index is 2.72. The first kappa shape index (κ1) is 11.6. The molecule has 0 aliphatic heterocycles. The molecule has 0 aliphatic carbocycles. The van der Waals surface area contributed by atoms with Gasteiger partial charge < -0.3 is 10.2 Å². The molecule has 3 N–H and O–H groups in total. The molecule has 7 heteroatoms. The van der Waals surface area contributed by atoms with Crippen LogP contribution < -0.4 is 16.0 Å². The van der Waals surface area contributed by atoms with Gasteiger partial charge in [-0.2, -0.15) is 18.2 Å². The number of hydrogen-bond donors (Lipinski definition) is 2. The third-order valence-electron chi connectivity index (χ3n) is 1.63. The van der Waals surface area contributed by atoms with Crippen LogP contribution in [-0.4, -0.2) is 17.3 Å². The summed E-state index contributed by atoms with van der Waals surface area (Å²) < 4.78 is 41.0. The maximum absolute atomic E-state index is 12.1. The van der Waals surface area contributed by atoms with E-state index in [4.69, 9.17) is 5.84 Å². The second-order valence-electron chi connectivity index (χ2n) is 2.81. The fourth-order valence-electron chi connectivity index (χ4n) is 0.809. The Kier molecular flexibility index (Phi) is 3.35. The highest BCUT2D eigenvalue weighted by atomic mass is 19.4. The first-order valence-corrected chi connectivity index (χ1v) is 4.10. The number of halogens is 3. The summed E-state index contributed by atoms with van der Waals surface area (Å²) in [6.07, 6.45) is -6.31. The second-order valence-corrected chi connectivity index (χ2v) is 2.81. The summed E-state index contributed by atoms with van der Waals surface area (Å²) in [5.41, 5.74) is 2.21. The van der Waals surface area contributed by atoms with E-state index in [0.717, 1.165) is 6.92 Å². The van der Waals surface area contributed by atoms with Crippen molar-refractivity contribution < 1.29 is 17.9 Å². The minimum atomic E-state index is -4.41. The minimum Gasteiger partial charge on any atom is -0.465 e. The van der Waals surface area contributed by atoms with E-state index < -0.39 is 12.3 Å². The van der Waals surface area contributed by atoms with Gasteiger partial charge in [0.2, 0.25) is 5.88 Å². The predicted molar refractivity (Wildman–Crippen MR) is 48.2 cm³/mol. The van der Waals surface area contributed by atoms with Gasteiger partial charge in [-0.15, -0.1) is 0 Å². The van der Waals surface area contributed by atoms with E-state index in [1.54, 1.807) is 0 Å². The largest absolute Gasteiger partial charge is 0.465 e. The summed E-state index contributed by atoms with van der Waals surface area (Å²) >= 11 is 0. The first-order valence-electron chi connectivity index (χ1n) is 4.10. The van der Waals surface area contributed by atoms with E-state index in [1.165, 1.54) is 18.2 Å². The van der Waals surface area contributed by atoms with Gasteiger partial charge in [-0.25, -0.2) is 5.84 Å². The molecule has 1 rings (SSSR count). The summed E-state index contributed by atoms with van der Waals surface area (Å²) in [4.78, 5) is 3.69. The molecule has 4 nitrogen and oxygen atoms in total. The van der Waals surface area contributed by atoms with Gasteiger partial charge in [0, 0.05) is 6.07 Å². The molecular weight excluding hydrogens is 211 g/mol. The highest BCUT2D eigenvalue weighted by Gasteiger charge is 2.38. The molecule has 1 atom stereocenters. The van der Waals surface area contributed by atoms with Gasteiger partial charge in [0.15, 0.2) is 6.10 Å². The fraction of sp³-hybridized carbons (Fsp3) is 0.375. The second kappa shape index (κ2) is 4.35. The van der Waals surface area contributed by atoms with Gasteiger partial charge in [-0.3, -0.25) is 0 Å². The number of nitrogens with zero attached hydrogens (tertiary/aromatic N) is 1. The van der Waals surface area contributed by atoms with E-state index in [-0.39, 0.29) is 11.7 Å². The van der Waals surface area contributed by atoms with E-state index in [2.05, 4.69) is 15.1 Å². The van der Waals surface area contributed by atoms with Crippen LogP contribution in [-0.2, 0) is 0 Å². The smallest absolute Gasteiger partial charge is 0.425 e. The summed E-state index contributed by atoms with van der Waals surface area (Å²) in [5.74, 6) is 5.15. The number of hydrazine groups is 1. The molecule has 1 unspecified atom stereocenters. The maximum atomic E-state index is 12.1. The third-order valence-corrected chi connectivity index (χ3v) is 1.63. The third kappa shape index (κ3) is 3.28. The molecule has 1 heterocycles. The topological polar surface area (TPSA) is 60.2 Å². The van der Waals surface area contributed by atoms with Crippen LogP contribution in [0.15, 0.2) is 18.2 Å². The standard InChI is InChI=1S/C8H10F3N3O/c1-5(8(9,10)11)15-7-4-2-3-6(13-7)14-12/h2-5H,12H2,1H3,(H,13,14). The van der Waals surface area contributed by atoms with Crippen LogP contribution in [0.1, 0.15) is 6.92 Å². The molecule has 0 saturated carbocycles. The molecule has 0 bridgehead atoms. The number of anilines is 1. The number of aromatic nitrogens is 1. The zero-order valence-corrected chi connectivity index (χ0v) is 7.88. The van der Waals surface area contributed by atoms with Crippen molar-refractivity contribution in [2.24, 2.45) is 5.84 Å². The molecular formula is C8H10F3N3O. The summed E-state index contributed by atoms with van der Waals surface area (Å²) in [7, 11) is 0. The average Bonchev–Trinajstić information content (AvgIpc) is 2.16. The van der Waals surface area contributed by atoms with Crippen LogP contribution in [0.3, 0.4) is 0 Å². The first-order chi connectivity index (χ1) is 6.93. The van der Waals surface area contributed by atoms with E-state index in [9.17, 15) is 13.2 Å². The minimum absolute atomic E-state index is 0.129. The number of hydrogen-bond acceptors (Lipinski definition) is 4. The van der Waals surface area contributed by atoms with Gasteiger partial charge in [0.1, 0.15) is 5.82 Å². The predicted octanol–water partition coefficient (Wildman–Crippen LogP) is 1.70. The zero-order chi connectivity index (χ0) is 11.5. The highest BCUT2D eigenvalue weighted by Crippen LogP contribution is 2.24.